The first-order valence-corrected chi connectivity index (χ1v) is 6.30. The van der Waals surface area contributed by atoms with Crippen molar-refractivity contribution >= 4 is 32.8 Å². The SMILES string of the molecule is N#Cc1ccc(F)c(Cn2nc(Br)cc2C(=O)Cl)c1. The molecule has 0 spiro atoms. The zero-order valence-corrected chi connectivity index (χ0v) is 11.7. The van der Waals surface area contributed by atoms with E-state index < -0.39 is 11.1 Å². The summed E-state index contributed by atoms with van der Waals surface area (Å²) in [5.41, 5.74) is 0.741. The monoisotopic (exact) mass is 341 g/mol. The van der Waals surface area contributed by atoms with Crippen molar-refractivity contribution in [3.05, 3.63) is 51.5 Å². The summed E-state index contributed by atoms with van der Waals surface area (Å²) in [4.78, 5) is 11.2. The largest absolute Gasteiger partial charge is 0.274 e. The number of aromatic nitrogens is 2. The fraction of sp³-hybridized carbons (Fsp3) is 0.0833. The maximum Gasteiger partial charge on any atom is 0.270 e. The van der Waals surface area contributed by atoms with Crippen LogP contribution in [0, 0.1) is 17.1 Å². The molecule has 0 bridgehead atoms. The van der Waals surface area contributed by atoms with Gasteiger partial charge in [0.25, 0.3) is 5.24 Å². The molecular weight excluding hydrogens is 337 g/mol. The van der Waals surface area contributed by atoms with Crippen LogP contribution in [-0.4, -0.2) is 15.0 Å². The Morgan fingerprint density at radius 3 is 2.89 bits per heavy atom. The number of hydrogen-bond donors (Lipinski definition) is 0. The van der Waals surface area contributed by atoms with E-state index >= 15 is 0 Å². The molecule has 1 heterocycles. The van der Waals surface area contributed by atoms with Gasteiger partial charge in [-0.3, -0.25) is 9.48 Å². The van der Waals surface area contributed by atoms with Crippen molar-refractivity contribution in [2.45, 2.75) is 6.54 Å². The Labute approximate surface area is 121 Å². The summed E-state index contributed by atoms with van der Waals surface area (Å²) in [6, 6.07) is 7.36. The van der Waals surface area contributed by atoms with Crippen molar-refractivity contribution in [3.63, 3.8) is 0 Å². The number of halogens is 3. The third-order valence-electron chi connectivity index (χ3n) is 2.45. The molecule has 0 aliphatic carbocycles. The van der Waals surface area contributed by atoms with E-state index in [2.05, 4.69) is 21.0 Å². The lowest BCUT2D eigenvalue weighted by molar-refractivity contribution is 0.107. The van der Waals surface area contributed by atoms with E-state index in [0.717, 1.165) is 0 Å². The molecule has 19 heavy (non-hydrogen) atoms. The number of benzene rings is 1. The highest BCUT2D eigenvalue weighted by Crippen LogP contribution is 2.17. The van der Waals surface area contributed by atoms with Crippen LogP contribution < -0.4 is 0 Å². The van der Waals surface area contributed by atoms with E-state index in [-0.39, 0.29) is 17.8 Å². The molecule has 4 nitrogen and oxygen atoms in total. The number of nitriles is 1. The first-order valence-electron chi connectivity index (χ1n) is 5.13. The highest BCUT2D eigenvalue weighted by Gasteiger charge is 2.14. The maximum absolute atomic E-state index is 13.7. The first kappa shape index (κ1) is 13.7. The Morgan fingerprint density at radius 2 is 2.26 bits per heavy atom. The minimum Gasteiger partial charge on any atom is -0.274 e. The van der Waals surface area contributed by atoms with E-state index in [4.69, 9.17) is 16.9 Å². The van der Waals surface area contributed by atoms with Gasteiger partial charge in [0, 0.05) is 11.6 Å². The minimum absolute atomic E-state index is 0.0146. The van der Waals surface area contributed by atoms with Crippen molar-refractivity contribution < 1.29 is 9.18 Å². The van der Waals surface area contributed by atoms with Crippen molar-refractivity contribution in [1.82, 2.24) is 9.78 Å². The quantitative estimate of drug-likeness (QED) is 0.805. The van der Waals surface area contributed by atoms with Crippen LogP contribution in [0.4, 0.5) is 4.39 Å². The molecule has 96 valence electrons. The summed E-state index contributed by atoms with van der Waals surface area (Å²) in [6.45, 7) is 0.0146. The van der Waals surface area contributed by atoms with Gasteiger partial charge in [0.15, 0.2) is 0 Å². The third kappa shape index (κ3) is 3.00. The van der Waals surface area contributed by atoms with Gasteiger partial charge in [0.2, 0.25) is 0 Å². The first-order chi connectivity index (χ1) is 9.01. The fourth-order valence-corrected chi connectivity index (χ4v) is 2.15. The van der Waals surface area contributed by atoms with Crippen molar-refractivity contribution in [2.75, 3.05) is 0 Å². The number of nitrogens with zero attached hydrogens (tertiary/aromatic N) is 3. The van der Waals surface area contributed by atoms with Gasteiger partial charge in [-0.15, -0.1) is 0 Å². The van der Waals surface area contributed by atoms with Crippen LogP contribution in [0.5, 0.6) is 0 Å². The molecule has 0 saturated heterocycles. The van der Waals surface area contributed by atoms with Gasteiger partial charge in [0.1, 0.15) is 16.1 Å². The van der Waals surface area contributed by atoms with E-state index in [0.29, 0.717) is 10.2 Å². The van der Waals surface area contributed by atoms with Crippen LogP contribution in [0.15, 0.2) is 28.9 Å². The lowest BCUT2D eigenvalue weighted by atomic mass is 10.1. The molecule has 1 aromatic heterocycles. The molecule has 0 radical (unpaired) electrons. The smallest absolute Gasteiger partial charge is 0.270 e. The Bertz CT molecular complexity index is 693. The fourth-order valence-electron chi connectivity index (χ4n) is 1.59. The number of rotatable bonds is 3. The summed E-state index contributed by atoms with van der Waals surface area (Å²) in [7, 11) is 0. The van der Waals surface area contributed by atoms with Crippen LogP contribution in [0.25, 0.3) is 0 Å². The zero-order chi connectivity index (χ0) is 14.0. The van der Waals surface area contributed by atoms with Crippen molar-refractivity contribution in [1.29, 1.82) is 5.26 Å². The standard InChI is InChI=1S/C12H6BrClFN3O/c13-11-4-10(12(14)19)18(17-11)6-8-3-7(5-16)1-2-9(8)15/h1-4H,6H2. The highest BCUT2D eigenvalue weighted by molar-refractivity contribution is 9.10. The molecule has 0 aliphatic heterocycles. The number of carbonyl (C=O) groups excluding carboxylic acids is 1. The normalized spacial score (nSPS) is 10.2. The van der Waals surface area contributed by atoms with Crippen molar-refractivity contribution in [2.24, 2.45) is 0 Å². The Balaban J connectivity index is 2.41. The molecule has 2 rings (SSSR count). The molecule has 2 aromatic rings. The van der Waals surface area contributed by atoms with Gasteiger partial charge in [-0.25, -0.2) is 4.39 Å². The lowest BCUT2D eigenvalue weighted by Crippen LogP contribution is -2.09. The molecule has 7 heteroatoms. The average molecular weight is 343 g/mol. The zero-order valence-electron chi connectivity index (χ0n) is 9.40. The minimum atomic E-state index is -0.685. The molecule has 0 unspecified atom stereocenters. The van der Waals surface area contributed by atoms with Crippen LogP contribution in [-0.2, 0) is 6.54 Å². The number of carbonyl (C=O) groups is 1. The van der Waals surface area contributed by atoms with E-state index in [9.17, 15) is 9.18 Å². The third-order valence-corrected chi connectivity index (χ3v) is 3.03. The second-order valence-corrected chi connectivity index (χ2v) is 4.86. The van der Waals surface area contributed by atoms with Gasteiger partial charge in [0.05, 0.1) is 18.2 Å². The molecule has 0 saturated carbocycles. The summed E-state index contributed by atoms with van der Waals surface area (Å²) < 4.78 is 15.4. The van der Waals surface area contributed by atoms with Crippen LogP contribution in [0.1, 0.15) is 21.6 Å². The second kappa shape index (κ2) is 5.51. The predicted molar refractivity (Wildman–Crippen MR) is 70.3 cm³/mol. The highest BCUT2D eigenvalue weighted by atomic mass is 79.9. The lowest BCUT2D eigenvalue weighted by Gasteiger charge is -2.06. The second-order valence-electron chi connectivity index (χ2n) is 3.70. The summed E-state index contributed by atoms with van der Waals surface area (Å²) >= 11 is 8.54. The molecular formula is C12H6BrClFN3O. The Morgan fingerprint density at radius 1 is 1.53 bits per heavy atom. The molecule has 0 amide bonds. The van der Waals surface area contributed by atoms with Gasteiger partial charge >= 0.3 is 0 Å². The average Bonchev–Trinajstić information content (AvgIpc) is 2.73. The van der Waals surface area contributed by atoms with Crippen LogP contribution in [0.2, 0.25) is 0 Å². The van der Waals surface area contributed by atoms with Crippen molar-refractivity contribution in [3.8, 4) is 6.07 Å². The summed E-state index contributed by atoms with van der Waals surface area (Å²) in [5, 5.41) is 12.1. The van der Waals surface area contributed by atoms with E-state index in [1.54, 1.807) is 0 Å². The maximum atomic E-state index is 13.7. The Kier molecular flexibility index (Phi) is 3.98. The van der Waals surface area contributed by atoms with Gasteiger partial charge in [-0.2, -0.15) is 10.4 Å². The Hall–Kier alpha value is -1.71. The van der Waals surface area contributed by atoms with Crippen LogP contribution in [0.3, 0.4) is 0 Å². The van der Waals surface area contributed by atoms with Gasteiger partial charge in [-0.05, 0) is 45.7 Å². The summed E-state index contributed by atoms with van der Waals surface area (Å²) in [5.74, 6) is -0.474. The van der Waals surface area contributed by atoms with E-state index in [1.807, 2.05) is 6.07 Å². The van der Waals surface area contributed by atoms with Crippen LogP contribution >= 0.6 is 27.5 Å². The van der Waals surface area contributed by atoms with E-state index in [1.165, 1.54) is 28.9 Å². The van der Waals surface area contributed by atoms with Gasteiger partial charge < -0.3 is 0 Å². The number of hydrogen-bond acceptors (Lipinski definition) is 3. The summed E-state index contributed by atoms with van der Waals surface area (Å²) in [6.07, 6.45) is 0. The predicted octanol–water partition coefficient (Wildman–Crippen LogP) is 3.08. The molecule has 0 N–H and O–H groups in total. The molecule has 0 aliphatic rings. The topological polar surface area (TPSA) is 58.7 Å². The molecule has 0 atom stereocenters. The molecule has 0 fully saturated rings. The molecule has 1 aromatic carbocycles. The van der Waals surface area contributed by atoms with Gasteiger partial charge in [-0.1, -0.05) is 0 Å².